The molecule has 6 heteroatoms. The van der Waals surface area contributed by atoms with Gasteiger partial charge < -0.3 is 15.1 Å². The molecule has 0 aliphatic heterocycles. The van der Waals surface area contributed by atoms with Crippen LogP contribution in [-0.2, 0) is 9.59 Å². The van der Waals surface area contributed by atoms with Gasteiger partial charge in [0.15, 0.2) is 0 Å². The van der Waals surface area contributed by atoms with Crippen molar-refractivity contribution in [2.75, 3.05) is 35.8 Å². The first kappa shape index (κ1) is 19.0. The minimum Gasteiger partial charge on any atom is -0.378 e. The highest BCUT2D eigenvalue weighted by molar-refractivity contribution is 5.95. The number of para-hydroxylation sites is 1. The average Bonchev–Trinajstić information content (AvgIpc) is 2.62. The largest absolute Gasteiger partial charge is 0.378 e. The normalized spacial score (nSPS) is 9.92. The van der Waals surface area contributed by atoms with Crippen molar-refractivity contribution in [3.8, 4) is 6.07 Å². The van der Waals surface area contributed by atoms with E-state index in [1.807, 2.05) is 43.3 Å². The Labute approximate surface area is 153 Å². The van der Waals surface area contributed by atoms with E-state index in [-0.39, 0.29) is 24.8 Å². The number of amides is 2. The Morgan fingerprint density at radius 3 is 2.31 bits per heavy atom. The second kappa shape index (κ2) is 8.67. The van der Waals surface area contributed by atoms with Crippen LogP contribution >= 0.6 is 0 Å². The van der Waals surface area contributed by atoms with Gasteiger partial charge in [-0.05, 0) is 36.4 Å². The number of nitrogens with one attached hydrogen (secondary N) is 1. The predicted molar refractivity (Wildman–Crippen MR) is 103 cm³/mol. The first-order chi connectivity index (χ1) is 12.4. The van der Waals surface area contributed by atoms with E-state index in [0.29, 0.717) is 16.9 Å². The fraction of sp³-hybridized carbons (Fsp3) is 0.250. The first-order valence-corrected chi connectivity index (χ1v) is 8.27. The lowest BCUT2D eigenvalue weighted by Crippen LogP contribution is -2.32. The monoisotopic (exact) mass is 350 g/mol. The van der Waals surface area contributed by atoms with Crippen LogP contribution in [0.5, 0.6) is 0 Å². The molecule has 134 valence electrons. The van der Waals surface area contributed by atoms with Crippen LogP contribution in [0.2, 0.25) is 0 Å². The van der Waals surface area contributed by atoms with Gasteiger partial charge in [0.25, 0.3) is 0 Å². The highest BCUT2D eigenvalue weighted by atomic mass is 16.2. The molecule has 0 unspecified atom stereocenters. The van der Waals surface area contributed by atoms with Crippen LogP contribution in [0.4, 0.5) is 17.1 Å². The summed E-state index contributed by atoms with van der Waals surface area (Å²) in [6.07, 6.45) is 0.134. The quantitative estimate of drug-likeness (QED) is 0.869. The van der Waals surface area contributed by atoms with Crippen molar-refractivity contribution in [3.05, 3.63) is 54.1 Å². The molecule has 0 spiro atoms. The highest BCUT2D eigenvalue weighted by Crippen LogP contribution is 2.20. The summed E-state index contributed by atoms with van der Waals surface area (Å²) in [5, 5.41) is 12.0. The molecule has 0 bridgehead atoms. The Bertz CT molecular complexity index is 822. The number of hydrogen-bond donors (Lipinski definition) is 1. The lowest BCUT2D eigenvalue weighted by molar-refractivity contribution is -0.117. The third-order valence-corrected chi connectivity index (χ3v) is 3.93. The number of anilines is 3. The van der Waals surface area contributed by atoms with Crippen LogP contribution in [-0.4, -0.2) is 32.5 Å². The second-order valence-corrected chi connectivity index (χ2v) is 6.04. The molecule has 0 aliphatic carbocycles. The number of rotatable bonds is 6. The molecule has 2 aromatic rings. The number of carbonyl (C=O) groups excluding carboxylic acids is 2. The number of nitriles is 1. The van der Waals surface area contributed by atoms with Crippen molar-refractivity contribution in [2.45, 2.75) is 13.3 Å². The van der Waals surface area contributed by atoms with Gasteiger partial charge in [0, 0.05) is 45.4 Å². The summed E-state index contributed by atoms with van der Waals surface area (Å²) in [4.78, 5) is 27.6. The number of carbonyl (C=O) groups is 2. The predicted octanol–water partition coefficient (Wildman–Crippen LogP) is 3.01. The van der Waals surface area contributed by atoms with Gasteiger partial charge in [0.2, 0.25) is 11.8 Å². The van der Waals surface area contributed by atoms with E-state index in [2.05, 4.69) is 11.4 Å². The molecule has 2 aromatic carbocycles. The van der Waals surface area contributed by atoms with Gasteiger partial charge in [-0.2, -0.15) is 5.26 Å². The van der Waals surface area contributed by atoms with Crippen LogP contribution in [0.1, 0.15) is 18.9 Å². The summed E-state index contributed by atoms with van der Waals surface area (Å²) < 4.78 is 0. The van der Waals surface area contributed by atoms with E-state index in [1.54, 1.807) is 24.3 Å². The van der Waals surface area contributed by atoms with Crippen molar-refractivity contribution >= 4 is 28.9 Å². The molecular formula is C20H22N4O2. The van der Waals surface area contributed by atoms with Gasteiger partial charge in [-0.15, -0.1) is 0 Å². The summed E-state index contributed by atoms with van der Waals surface area (Å²) in [5.41, 5.74) is 2.67. The zero-order valence-corrected chi connectivity index (χ0v) is 15.2. The topological polar surface area (TPSA) is 76.4 Å². The number of nitrogens with zero attached hydrogens (tertiary/aromatic N) is 3. The maximum absolute atomic E-state index is 12.2. The molecule has 1 N–H and O–H groups in total. The molecule has 0 atom stereocenters. The van der Waals surface area contributed by atoms with Crippen molar-refractivity contribution in [1.29, 1.82) is 5.26 Å². The molecule has 0 aromatic heterocycles. The third-order valence-electron chi connectivity index (χ3n) is 3.93. The summed E-state index contributed by atoms with van der Waals surface area (Å²) in [5.74, 6) is -0.404. The van der Waals surface area contributed by atoms with Gasteiger partial charge in [0.1, 0.15) is 6.07 Å². The van der Waals surface area contributed by atoms with Crippen LogP contribution in [0.15, 0.2) is 48.5 Å². The van der Waals surface area contributed by atoms with Crippen LogP contribution in [0, 0.1) is 11.3 Å². The standard InChI is InChI=1S/C20H22N4O2/c1-15(25)24(19-7-5-4-6-16(19)14-21)13-12-20(26)22-17-8-10-18(11-9-17)23(2)3/h4-11H,12-13H2,1-3H3,(H,22,26). The molecule has 6 nitrogen and oxygen atoms in total. The summed E-state index contributed by atoms with van der Waals surface area (Å²) >= 11 is 0. The van der Waals surface area contributed by atoms with E-state index in [9.17, 15) is 14.9 Å². The maximum Gasteiger partial charge on any atom is 0.226 e. The molecule has 0 fully saturated rings. The Kier molecular flexibility index (Phi) is 6.34. The van der Waals surface area contributed by atoms with E-state index >= 15 is 0 Å². The van der Waals surface area contributed by atoms with Crippen LogP contribution < -0.4 is 15.1 Å². The van der Waals surface area contributed by atoms with Gasteiger partial charge >= 0.3 is 0 Å². The zero-order valence-electron chi connectivity index (χ0n) is 15.2. The van der Waals surface area contributed by atoms with Crippen molar-refractivity contribution in [3.63, 3.8) is 0 Å². The van der Waals surface area contributed by atoms with E-state index < -0.39 is 0 Å². The molecule has 0 radical (unpaired) electrons. The SMILES string of the molecule is CC(=O)N(CCC(=O)Nc1ccc(N(C)C)cc1)c1ccccc1C#N. The summed E-state index contributed by atoms with van der Waals surface area (Å²) in [6, 6.07) is 16.4. The van der Waals surface area contributed by atoms with Gasteiger partial charge in [-0.3, -0.25) is 9.59 Å². The fourth-order valence-electron chi connectivity index (χ4n) is 2.53. The minimum atomic E-state index is -0.212. The Hall–Kier alpha value is -3.33. The van der Waals surface area contributed by atoms with Crippen LogP contribution in [0.3, 0.4) is 0 Å². The smallest absolute Gasteiger partial charge is 0.226 e. The van der Waals surface area contributed by atoms with E-state index in [1.165, 1.54) is 11.8 Å². The lowest BCUT2D eigenvalue weighted by Gasteiger charge is -2.22. The Balaban J connectivity index is 2.01. The first-order valence-electron chi connectivity index (χ1n) is 8.27. The Morgan fingerprint density at radius 1 is 1.08 bits per heavy atom. The summed E-state index contributed by atoms with van der Waals surface area (Å²) in [7, 11) is 3.89. The molecule has 0 aliphatic rings. The van der Waals surface area contributed by atoms with E-state index in [4.69, 9.17) is 0 Å². The average molecular weight is 350 g/mol. The molecule has 26 heavy (non-hydrogen) atoms. The van der Waals surface area contributed by atoms with Gasteiger partial charge in [0.05, 0.1) is 11.3 Å². The maximum atomic E-state index is 12.2. The third kappa shape index (κ3) is 4.84. The lowest BCUT2D eigenvalue weighted by atomic mass is 10.1. The molecular weight excluding hydrogens is 328 g/mol. The number of benzene rings is 2. The highest BCUT2D eigenvalue weighted by Gasteiger charge is 2.16. The van der Waals surface area contributed by atoms with Crippen molar-refractivity contribution in [1.82, 2.24) is 0 Å². The Morgan fingerprint density at radius 2 is 1.73 bits per heavy atom. The summed E-state index contributed by atoms with van der Waals surface area (Å²) in [6.45, 7) is 1.63. The minimum absolute atomic E-state index is 0.134. The molecule has 0 saturated heterocycles. The zero-order chi connectivity index (χ0) is 19.1. The van der Waals surface area contributed by atoms with Gasteiger partial charge in [-0.25, -0.2) is 0 Å². The molecule has 2 amide bonds. The van der Waals surface area contributed by atoms with Crippen molar-refractivity contribution < 1.29 is 9.59 Å². The molecule has 0 saturated carbocycles. The molecule has 0 heterocycles. The van der Waals surface area contributed by atoms with Crippen LogP contribution in [0.25, 0.3) is 0 Å². The fourth-order valence-corrected chi connectivity index (χ4v) is 2.53. The second-order valence-electron chi connectivity index (χ2n) is 6.04. The van der Waals surface area contributed by atoms with E-state index in [0.717, 1.165) is 5.69 Å². The van der Waals surface area contributed by atoms with Gasteiger partial charge in [-0.1, -0.05) is 12.1 Å². The number of hydrogen-bond acceptors (Lipinski definition) is 4. The molecule has 2 rings (SSSR count). The van der Waals surface area contributed by atoms with Crippen molar-refractivity contribution in [2.24, 2.45) is 0 Å².